The molecule has 0 saturated heterocycles. The van der Waals surface area contributed by atoms with E-state index in [1.54, 1.807) is 43.6 Å². The van der Waals surface area contributed by atoms with Gasteiger partial charge in [-0.1, -0.05) is 18.2 Å². The molecule has 1 heterocycles. The van der Waals surface area contributed by atoms with Crippen molar-refractivity contribution in [2.24, 2.45) is 0 Å². The van der Waals surface area contributed by atoms with E-state index >= 15 is 0 Å². The van der Waals surface area contributed by atoms with Gasteiger partial charge in [0.05, 0.1) is 0 Å². The summed E-state index contributed by atoms with van der Waals surface area (Å²) in [7, 11) is 0. The van der Waals surface area contributed by atoms with Gasteiger partial charge in [-0.3, -0.25) is 4.98 Å². The lowest BCUT2D eigenvalue weighted by molar-refractivity contribution is 0.219. The minimum Gasteiger partial charge on any atom is -0.384 e. The SMILES string of the molecule is Cc1cc(C(O)c2cccnc2)ccc1F. The summed E-state index contributed by atoms with van der Waals surface area (Å²) in [5.41, 5.74) is 1.90. The van der Waals surface area contributed by atoms with Crippen LogP contribution in [-0.4, -0.2) is 10.1 Å². The molecule has 0 aliphatic heterocycles. The minimum absolute atomic E-state index is 0.262. The molecule has 0 saturated carbocycles. The van der Waals surface area contributed by atoms with Crippen LogP contribution in [0.25, 0.3) is 0 Å². The molecule has 0 spiro atoms. The summed E-state index contributed by atoms with van der Waals surface area (Å²) in [5.74, 6) is -0.262. The summed E-state index contributed by atoms with van der Waals surface area (Å²) < 4.78 is 13.1. The van der Waals surface area contributed by atoms with Crippen molar-refractivity contribution in [3.8, 4) is 0 Å². The van der Waals surface area contributed by atoms with Gasteiger partial charge in [0.1, 0.15) is 11.9 Å². The van der Waals surface area contributed by atoms with Crippen molar-refractivity contribution in [3.63, 3.8) is 0 Å². The second kappa shape index (κ2) is 4.41. The van der Waals surface area contributed by atoms with E-state index in [2.05, 4.69) is 4.98 Å². The largest absolute Gasteiger partial charge is 0.384 e. The van der Waals surface area contributed by atoms with E-state index in [1.165, 1.54) is 6.07 Å². The van der Waals surface area contributed by atoms with Crippen molar-refractivity contribution in [1.29, 1.82) is 0 Å². The number of aliphatic hydroxyl groups is 1. The molecule has 1 aromatic heterocycles. The number of benzene rings is 1. The van der Waals surface area contributed by atoms with Crippen molar-refractivity contribution in [2.75, 3.05) is 0 Å². The van der Waals surface area contributed by atoms with Gasteiger partial charge in [-0.2, -0.15) is 0 Å². The smallest absolute Gasteiger partial charge is 0.126 e. The highest BCUT2D eigenvalue weighted by Gasteiger charge is 2.11. The fourth-order valence-corrected chi connectivity index (χ4v) is 1.57. The van der Waals surface area contributed by atoms with E-state index in [1.807, 2.05) is 0 Å². The minimum atomic E-state index is -0.756. The Bertz CT molecular complexity index is 485. The molecule has 1 atom stereocenters. The number of aryl methyl sites for hydroxylation is 1. The summed E-state index contributed by atoms with van der Waals surface area (Å²) in [4.78, 5) is 3.94. The Morgan fingerprint density at radius 1 is 1.25 bits per heavy atom. The normalized spacial score (nSPS) is 12.4. The number of halogens is 1. The van der Waals surface area contributed by atoms with E-state index < -0.39 is 6.10 Å². The van der Waals surface area contributed by atoms with Crippen molar-refractivity contribution >= 4 is 0 Å². The Hall–Kier alpha value is -1.74. The molecule has 16 heavy (non-hydrogen) atoms. The lowest BCUT2D eigenvalue weighted by Crippen LogP contribution is -2.00. The predicted molar refractivity (Wildman–Crippen MR) is 59.4 cm³/mol. The molecule has 0 bridgehead atoms. The predicted octanol–water partition coefficient (Wildman–Crippen LogP) is 2.61. The lowest BCUT2D eigenvalue weighted by atomic mass is 10.0. The summed E-state index contributed by atoms with van der Waals surface area (Å²) in [6, 6.07) is 8.14. The van der Waals surface area contributed by atoms with Crippen molar-refractivity contribution in [2.45, 2.75) is 13.0 Å². The molecule has 82 valence electrons. The molecule has 0 aliphatic carbocycles. The highest BCUT2D eigenvalue weighted by atomic mass is 19.1. The summed E-state index contributed by atoms with van der Waals surface area (Å²) >= 11 is 0. The first-order valence-electron chi connectivity index (χ1n) is 5.02. The Morgan fingerprint density at radius 3 is 2.69 bits per heavy atom. The topological polar surface area (TPSA) is 33.1 Å². The van der Waals surface area contributed by atoms with E-state index in [0.717, 1.165) is 0 Å². The zero-order valence-corrected chi connectivity index (χ0v) is 8.89. The lowest BCUT2D eigenvalue weighted by Gasteiger charge is -2.11. The van der Waals surface area contributed by atoms with Crippen LogP contribution in [0.2, 0.25) is 0 Å². The van der Waals surface area contributed by atoms with Gasteiger partial charge < -0.3 is 5.11 Å². The molecule has 0 aliphatic rings. The Balaban J connectivity index is 2.34. The van der Waals surface area contributed by atoms with E-state index in [4.69, 9.17) is 0 Å². The number of hydrogen-bond donors (Lipinski definition) is 1. The van der Waals surface area contributed by atoms with Crippen molar-refractivity contribution in [1.82, 2.24) is 4.98 Å². The van der Waals surface area contributed by atoms with Crippen LogP contribution in [0.1, 0.15) is 22.8 Å². The summed E-state index contributed by atoms with van der Waals surface area (Å²) in [6.07, 6.45) is 2.49. The maximum absolute atomic E-state index is 13.1. The van der Waals surface area contributed by atoms with Gasteiger partial charge in [0.15, 0.2) is 0 Å². The first kappa shape index (κ1) is 10.8. The maximum atomic E-state index is 13.1. The molecule has 0 amide bonds. The van der Waals surface area contributed by atoms with E-state index in [0.29, 0.717) is 16.7 Å². The quantitative estimate of drug-likeness (QED) is 0.838. The zero-order chi connectivity index (χ0) is 11.5. The first-order chi connectivity index (χ1) is 7.68. The fourth-order valence-electron chi connectivity index (χ4n) is 1.57. The molecule has 0 fully saturated rings. The van der Waals surface area contributed by atoms with Gasteiger partial charge in [-0.25, -0.2) is 4.39 Å². The first-order valence-corrected chi connectivity index (χ1v) is 5.02. The summed E-state index contributed by atoms with van der Waals surface area (Å²) in [6.45, 7) is 1.68. The Kier molecular flexibility index (Phi) is 2.97. The van der Waals surface area contributed by atoms with Crippen LogP contribution in [0.4, 0.5) is 4.39 Å². The highest BCUT2D eigenvalue weighted by molar-refractivity contribution is 5.31. The second-order valence-corrected chi connectivity index (χ2v) is 3.70. The standard InChI is InChI=1S/C13H12FNO/c1-9-7-10(4-5-12(9)14)13(16)11-3-2-6-15-8-11/h2-8,13,16H,1H3. The molecule has 2 nitrogen and oxygen atoms in total. The van der Waals surface area contributed by atoms with E-state index in [9.17, 15) is 9.50 Å². The highest BCUT2D eigenvalue weighted by Crippen LogP contribution is 2.22. The third-order valence-corrected chi connectivity index (χ3v) is 2.50. The van der Waals surface area contributed by atoms with Crippen LogP contribution < -0.4 is 0 Å². The van der Waals surface area contributed by atoms with Crippen molar-refractivity contribution < 1.29 is 9.50 Å². The maximum Gasteiger partial charge on any atom is 0.126 e. The second-order valence-electron chi connectivity index (χ2n) is 3.70. The number of pyridine rings is 1. The van der Waals surface area contributed by atoms with Gasteiger partial charge in [0.25, 0.3) is 0 Å². The molecule has 1 unspecified atom stereocenters. The monoisotopic (exact) mass is 217 g/mol. The van der Waals surface area contributed by atoms with Crippen LogP contribution in [0.15, 0.2) is 42.7 Å². The van der Waals surface area contributed by atoms with Gasteiger partial charge in [-0.15, -0.1) is 0 Å². The molecule has 2 rings (SSSR count). The molecule has 1 N–H and O–H groups in total. The van der Waals surface area contributed by atoms with Gasteiger partial charge in [0.2, 0.25) is 0 Å². The van der Waals surface area contributed by atoms with Crippen LogP contribution >= 0.6 is 0 Å². The average Bonchev–Trinajstić information content (AvgIpc) is 2.33. The van der Waals surface area contributed by atoms with Crippen LogP contribution in [0, 0.1) is 12.7 Å². The molecule has 1 aromatic carbocycles. The molecule has 0 radical (unpaired) electrons. The number of hydrogen-bond acceptors (Lipinski definition) is 2. The van der Waals surface area contributed by atoms with Crippen LogP contribution in [-0.2, 0) is 0 Å². The third-order valence-electron chi connectivity index (χ3n) is 2.50. The number of nitrogens with zero attached hydrogens (tertiary/aromatic N) is 1. The number of aromatic nitrogens is 1. The Labute approximate surface area is 93.4 Å². The Morgan fingerprint density at radius 2 is 2.06 bits per heavy atom. The molecule has 3 heteroatoms. The molecule has 2 aromatic rings. The van der Waals surface area contributed by atoms with E-state index in [-0.39, 0.29) is 5.82 Å². The van der Waals surface area contributed by atoms with Gasteiger partial charge in [-0.05, 0) is 30.2 Å². The zero-order valence-electron chi connectivity index (χ0n) is 8.89. The third kappa shape index (κ3) is 2.09. The van der Waals surface area contributed by atoms with Crippen LogP contribution in [0.5, 0.6) is 0 Å². The van der Waals surface area contributed by atoms with Crippen LogP contribution in [0.3, 0.4) is 0 Å². The summed E-state index contributed by atoms with van der Waals surface area (Å²) in [5, 5.41) is 10.0. The number of rotatable bonds is 2. The van der Waals surface area contributed by atoms with Crippen molar-refractivity contribution in [3.05, 3.63) is 65.2 Å². The fraction of sp³-hybridized carbons (Fsp3) is 0.154. The molecular weight excluding hydrogens is 205 g/mol. The number of aliphatic hydroxyl groups excluding tert-OH is 1. The van der Waals surface area contributed by atoms with Gasteiger partial charge in [0, 0.05) is 18.0 Å². The average molecular weight is 217 g/mol. The van der Waals surface area contributed by atoms with Gasteiger partial charge >= 0.3 is 0 Å². The molecular formula is C13H12FNO.